The van der Waals surface area contributed by atoms with Crippen molar-refractivity contribution in [1.82, 2.24) is 0 Å². The van der Waals surface area contributed by atoms with E-state index in [9.17, 15) is 0 Å². The summed E-state index contributed by atoms with van der Waals surface area (Å²) in [5, 5.41) is 1.52. The monoisotopic (exact) mass is 408 g/mol. The molecule has 0 fully saturated rings. The maximum atomic E-state index is 5.92. The molecule has 0 aliphatic heterocycles. The van der Waals surface area contributed by atoms with Crippen LogP contribution in [0, 0.1) is 0 Å². The van der Waals surface area contributed by atoms with Gasteiger partial charge in [0.1, 0.15) is 0 Å². The molecule has 0 aliphatic rings. The Bertz CT molecular complexity index is 322. The first-order chi connectivity index (χ1) is 6.00. The third-order valence-corrected chi connectivity index (χ3v) is 7.28. The molecule has 1 rings (SSSR count). The van der Waals surface area contributed by atoms with Crippen LogP contribution in [0.4, 0.5) is 0 Å². The van der Waals surface area contributed by atoms with Crippen LogP contribution in [-0.2, 0) is 0 Å². The van der Waals surface area contributed by atoms with E-state index >= 15 is 0 Å². The first kappa shape index (κ1) is 12.8. The van der Waals surface area contributed by atoms with Crippen molar-refractivity contribution < 1.29 is 0 Å². The first-order valence-electron chi connectivity index (χ1n) is 2.83. The Morgan fingerprint density at radius 1 is 0.692 bits per heavy atom. The molecular formula is C6HCl5Se2. The molecule has 0 atom stereocenters. The molecule has 0 N–H and O–H groups in total. The normalized spacial score (nSPS) is 10.6. The molecule has 0 unspecified atom stereocenters. The average molecular weight is 408 g/mol. The van der Waals surface area contributed by atoms with E-state index in [-0.39, 0.29) is 28.2 Å². The molecule has 0 radical (unpaired) electrons. The van der Waals surface area contributed by atoms with Crippen LogP contribution in [0.3, 0.4) is 0 Å². The molecule has 0 saturated carbocycles. The molecule has 72 valence electrons. The summed E-state index contributed by atoms with van der Waals surface area (Å²) in [6.07, 6.45) is 0. The van der Waals surface area contributed by atoms with Gasteiger partial charge in [-0.1, -0.05) is 0 Å². The van der Waals surface area contributed by atoms with E-state index in [4.69, 9.17) is 58.0 Å². The van der Waals surface area contributed by atoms with Gasteiger partial charge in [0.05, 0.1) is 0 Å². The summed E-state index contributed by atoms with van der Waals surface area (Å²) in [6.45, 7) is 0. The molecule has 0 heterocycles. The van der Waals surface area contributed by atoms with E-state index in [2.05, 4.69) is 14.2 Å². The van der Waals surface area contributed by atoms with Gasteiger partial charge in [0, 0.05) is 0 Å². The molecule has 7 heteroatoms. The number of hydrogen-bond donors (Lipinski definition) is 0. The Labute approximate surface area is 114 Å². The second-order valence-electron chi connectivity index (χ2n) is 1.99. The van der Waals surface area contributed by atoms with Gasteiger partial charge in [-0.15, -0.1) is 0 Å². The Kier molecular flexibility index (Phi) is 5.07. The molecule has 0 nitrogen and oxygen atoms in total. The molecule has 0 spiro atoms. The van der Waals surface area contributed by atoms with Gasteiger partial charge >= 0.3 is 115 Å². The second-order valence-corrected chi connectivity index (χ2v) is 7.11. The van der Waals surface area contributed by atoms with Crippen molar-refractivity contribution in [2.24, 2.45) is 0 Å². The third-order valence-electron chi connectivity index (χ3n) is 1.26. The second kappa shape index (κ2) is 5.16. The molecular weight excluding hydrogens is 407 g/mol. The van der Waals surface area contributed by atoms with Crippen molar-refractivity contribution in [3.63, 3.8) is 0 Å². The van der Waals surface area contributed by atoms with Crippen LogP contribution in [0.5, 0.6) is 0 Å². The summed E-state index contributed by atoms with van der Waals surface area (Å²) in [7, 11) is 0. The zero-order chi connectivity index (χ0) is 10.2. The number of rotatable bonds is 1. The molecule has 0 aromatic heterocycles. The third kappa shape index (κ3) is 2.45. The molecule has 0 saturated heterocycles. The zero-order valence-corrected chi connectivity index (χ0v) is 13.1. The summed E-state index contributed by atoms with van der Waals surface area (Å²) in [4.78, 5) is 0. The number of benzene rings is 1. The average Bonchev–Trinajstić information content (AvgIpc) is 2.13. The minimum absolute atomic E-state index is 0.0685. The van der Waals surface area contributed by atoms with Crippen LogP contribution in [0.2, 0.25) is 25.1 Å². The fraction of sp³-hybridized carbons (Fsp3) is 0. The Balaban J connectivity index is 3.56. The molecule has 1 aromatic rings. The van der Waals surface area contributed by atoms with Gasteiger partial charge in [0.25, 0.3) is 0 Å². The summed E-state index contributed by atoms with van der Waals surface area (Å²) in [6, 6.07) is 0. The fourth-order valence-electron chi connectivity index (χ4n) is 0.665. The Hall–Kier alpha value is 1.71. The summed E-state index contributed by atoms with van der Waals surface area (Å²) in [5.74, 6) is 0. The van der Waals surface area contributed by atoms with Crippen molar-refractivity contribution in [2.75, 3.05) is 0 Å². The molecule has 0 aliphatic carbocycles. The first-order valence-corrected chi connectivity index (χ1v) is 10.3. The SMILES string of the molecule is Clc1c(Cl)c(Cl)c([Se][SeH])c(Cl)c1Cl. The van der Waals surface area contributed by atoms with E-state index in [1.807, 2.05) is 0 Å². The van der Waals surface area contributed by atoms with Crippen molar-refractivity contribution >= 4 is 89.8 Å². The quantitative estimate of drug-likeness (QED) is 0.381. The van der Waals surface area contributed by atoms with Gasteiger partial charge in [-0.2, -0.15) is 0 Å². The standard InChI is InChI=1S/C6HCl5Se2/c7-1-2(8)4(10)6(13-12)5(11)3(1)9/h12H. The van der Waals surface area contributed by atoms with Gasteiger partial charge in [0.2, 0.25) is 0 Å². The van der Waals surface area contributed by atoms with Gasteiger partial charge in [-0.25, -0.2) is 0 Å². The summed E-state index contributed by atoms with van der Waals surface area (Å²) < 4.78 is 0.759. The predicted molar refractivity (Wildman–Crippen MR) is 64.0 cm³/mol. The topological polar surface area (TPSA) is 0 Å². The van der Waals surface area contributed by atoms with Gasteiger partial charge < -0.3 is 0 Å². The van der Waals surface area contributed by atoms with Gasteiger partial charge in [-0.3, -0.25) is 0 Å². The number of hydrogen-bond acceptors (Lipinski definition) is 0. The number of halogens is 5. The zero-order valence-electron chi connectivity index (χ0n) is 5.75. The molecule has 0 bridgehead atoms. The minimum atomic E-state index is 0.0685. The summed E-state index contributed by atoms with van der Waals surface area (Å²) in [5.41, 5.74) is 0. The van der Waals surface area contributed by atoms with Crippen LogP contribution in [-0.4, -0.2) is 27.3 Å². The van der Waals surface area contributed by atoms with Gasteiger partial charge in [0.15, 0.2) is 0 Å². The van der Waals surface area contributed by atoms with Crippen molar-refractivity contribution in [3.05, 3.63) is 25.1 Å². The fourth-order valence-corrected chi connectivity index (χ4v) is 6.43. The van der Waals surface area contributed by atoms with Crippen molar-refractivity contribution in [2.45, 2.75) is 0 Å². The molecule has 1 aromatic carbocycles. The van der Waals surface area contributed by atoms with E-state index < -0.39 is 0 Å². The van der Waals surface area contributed by atoms with E-state index in [0.29, 0.717) is 10.0 Å². The van der Waals surface area contributed by atoms with E-state index in [1.54, 1.807) is 0 Å². The van der Waals surface area contributed by atoms with Crippen molar-refractivity contribution in [1.29, 1.82) is 0 Å². The van der Waals surface area contributed by atoms with Crippen LogP contribution >= 0.6 is 58.0 Å². The maximum absolute atomic E-state index is 5.92. The predicted octanol–water partition coefficient (Wildman–Crippen LogP) is 3.10. The van der Waals surface area contributed by atoms with E-state index in [1.165, 1.54) is 0 Å². The van der Waals surface area contributed by atoms with E-state index in [0.717, 1.165) is 4.46 Å². The summed E-state index contributed by atoms with van der Waals surface area (Å²) >= 11 is 31.8. The van der Waals surface area contributed by atoms with Crippen LogP contribution < -0.4 is 4.46 Å². The van der Waals surface area contributed by atoms with Crippen molar-refractivity contribution in [3.8, 4) is 0 Å². The van der Waals surface area contributed by atoms with Crippen LogP contribution in [0.1, 0.15) is 0 Å². The van der Waals surface area contributed by atoms with Gasteiger partial charge in [-0.05, 0) is 0 Å². The Morgan fingerprint density at radius 2 is 1.00 bits per heavy atom. The molecule has 0 amide bonds. The Morgan fingerprint density at radius 3 is 1.31 bits per heavy atom. The molecule has 13 heavy (non-hydrogen) atoms. The van der Waals surface area contributed by atoms with Crippen LogP contribution in [0.15, 0.2) is 0 Å². The van der Waals surface area contributed by atoms with Crippen LogP contribution in [0.25, 0.3) is 0 Å².